The Bertz CT molecular complexity index is 1350. The van der Waals surface area contributed by atoms with Crippen molar-refractivity contribution in [1.82, 2.24) is 0 Å². The quantitative estimate of drug-likeness (QED) is 0.275. The predicted octanol–water partition coefficient (Wildman–Crippen LogP) is 8.17. The molecule has 35 heavy (non-hydrogen) atoms. The molecule has 0 N–H and O–H groups in total. The van der Waals surface area contributed by atoms with Crippen molar-refractivity contribution in [2.75, 3.05) is 18.6 Å². The fourth-order valence-corrected chi connectivity index (χ4v) is 5.14. The third kappa shape index (κ3) is 4.16. The van der Waals surface area contributed by atoms with Gasteiger partial charge in [0.15, 0.2) is 5.69 Å². The number of fused-ring (bicyclic) bond motifs is 1. The summed E-state index contributed by atoms with van der Waals surface area (Å²) in [5.41, 5.74) is 8.15. The van der Waals surface area contributed by atoms with Crippen LogP contribution in [0.25, 0.3) is 0 Å². The molecule has 3 heteroatoms. The summed E-state index contributed by atoms with van der Waals surface area (Å²) in [6.45, 7) is 9.98. The molecule has 0 amide bonds. The van der Waals surface area contributed by atoms with E-state index in [0.29, 0.717) is 6.67 Å². The van der Waals surface area contributed by atoms with Crippen LogP contribution in [-0.4, -0.2) is 18.4 Å². The third-order valence-electron chi connectivity index (χ3n) is 7.49. The van der Waals surface area contributed by atoms with Gasteiger partial charge in [-0.3, -0.25) is 0 Å². The van der Waals surface area contributed by atoms with E-state index in [1.807, 2.05) is 6.07 Å². The maximum Gasteiger partial charge on any atom is 0.250 e. The summed E-state index contributed by atoms with van der Waals surface area (Å²) < 4.78 is 2.10. The number of rotatable bonds is 5. The molecule has 0 aliphatic carbocycles. The van der Waals surface area contributed by atoms with E-state index in [-0.39, 0.29) is 10.8 Å². The fraction of sp³-hybridized carbons (Fsp3) is 0.250. The lowest BCUT2D eigenvalue weighted by molar-refractivity contribution is -0.509. The number of para-hydroxylation sites is 1. The molecule has 0 atom stereocenters. The monoisotopic (exact) mass is 460 g/mol. The summed E-state index contributed by atoms with van der Waals surface area (Å²) in [6.07, 6.45) is 0. The Morgan fingerprint density at radius 1 is 0.657 bits per heavy atom. The van der Waals surface area contributed by atoms with Crippen LogP contribution < -0.4 is 4.90 Å². The van der Waals surface area contributed by atoms with Crippen molar-refractivity contribution in [3.05, 3.63) is 125 Å². The first-order valence-electron chi connectivity index (χ1n) is 12.3. The summed E-state index contributed by atoms with van der Waals surface area (Å²) in [5.74, 6) is 0. The van der Waals surface area contributed by atoms with E-state index in [2.05, 4.69) is 141 Å². The van der Waals surface area contributed by atoms with Crippen molar-refractivity contribution in [2.24, 2.45) is 5.11 Å². The van der Waals surface area contributed by atoms with Crippen molar-refractivity contribution < 1.29 is 4.70 Å². The van der Waals surface area contributed by atoms with E-state index in [0.717, 1.165) is 11.4 Å². The zero-order chi connectivity index (χ0) is 24.6. The van der Waals surface area contributed by atoms with Gasteiger partial charge < -0.3 is 4.90 Å². The second-order valence-corrected chi connectivity index (χ2v) is 10.5. The van der Waals surface area contributed by atoms with Crippen molar-refractivity contribution in [1.29, 1.82) is 0 Å². The number of benzene rings is 4. The lowest BCUT2D eigenvalue weighted by atomic mass is 9.72. The summed E-state index contributed by atoms with van der Waals surface area (Å²) in [4.78, 5) is 2.34. The van der Waals surface area contributed by atoms with Crippen LogP contribution in [0.5, 0.6) is 0 Å². The third-order valence-corrected chi connectivity index (χ3v) is 7.49. The highest BCUT2D eigenvalue weighted by molar-refractivity contribution is 5.75. The molecule has 0 bridgehead atoms. The maximum atomic E-state index is 5.19. The summed E-state index contributed by atoms with van der Waals surface area (Å²) >= 11 is 0. The van der Waals surface area contributed by atoms with E-state index >= 15 is 0 Å². The Balaban J connectivity index is 1.76. The van der Waals surface area contributed by atoms with Crippen LogP contribution in [0, 0.1) is 0 Å². The van der Waals surface area contributed by atoms with Gasteiger partial charge in [0.05, 0.1) is 5.69 Å². The minimum atomic E-state index is -0.188. The van der Waals surface area contributed by atoms with Crippen molar-refractivity contribution in [3.8, 4) is 0 Å². The molecule has 0 unspecified atom stereocenters. The number of azo groups is 2. The van der Waals surface area contributed by atoms with E-state index in [9.17, 15) is 0 Å². The predicted molar refractivity (Wildman–Crippen MR) is 145 cm³/mol. The Morgan fingerprint density at radius 3 is 1.74 bits per heavy atom. The molecule has 5 rings (SSSR count). The van der Waals surface area contributed by atoms with Crippen molar-refractivity contribution >= 4 is 17.1 Å². The first kappa shape index (κ1) is 23.0. The summed E-state index contributed by atoms with van der Waals surface area (Å²) in [7, 11) is 2.18. The average molecular weight is 461 g/mol. The average Bonchev–Trinajstić information content (AvgIpc) is 2.89. The Hall–Kier alpha value is -3.72. The normalized spacial score (nSPS) is 13.9. The van der Waals surface area contributed by atoms with Gasteiger partial charge in [0, 0.05) is 35.1 Å². The second-order valence-electron chi connectivity index (χ2n) is 10.5. The molecule has 0 saturated carbocycles. The van der Waals surface area contributed by atoms with Crippen LogP contribution in [0.3, 0.4) is 0 Å². The van der Waals surface area contributed by atoms with Gasteiger partial charge in [0.2, 0.25) is 5.69 Å². The van der Waals surface area contributed by atoms with Crippen LogP contribution in [-0.2, 0) is 10.8 Å². The van der Waals surface area contributed by atoms with Gasteiger partial charge in [-0.1, -0.05) is 117 Å². The van der Waals surface area contributed by atoms with Gasteiger partial charge in [-0.25, -0.2) is 0 Å². The maximum absolute atomic E-state index is 5.19. The van der Waals surface area contributed by atoms with E-state index in [1.54, 1.807) is 0 Å². The van der Waals surface area contributed by atoms with Crippen LogP contribution in [0.2, 0.25) is 0 Å². The smallest absolute Gasteiger partial charge is 0.250 e. The molecule has 4 aromatic rings. The highest BCUT2D eigenvalue weighted by Crippen LogP contribution is 2.47. The minimum absolute atomic E-state index is 0.166. The highest BCUT2D eigenvalue weighted by atomic mass is 15.4. The molecule has 0 spiro atoms. The molecular weight excluding hydrogens is 426 g/mol. The fourth-order valence-electron chi connectivity index (χ4n) is 5.14. The first-order valence-corrected chi connectivity index (χ1v) is 12.3. The number of hydrogen-bond donors (Lipinski definition) is 0. The number of nitrogens with zero attached hydrogens (tertiary/aromatic N) is 3. The zero-order valence-electron chi connectivity index (χ0n) is 21.4. The minimum Gasteiger partial charge on any atom is -0.315 e. The lowest BCUT2D eigenvalue weighted by Crippen LogP contribution is -2.33. The number of anilines is 1. The topological polar surface area (TPSA) is 18.6 Å². The van der Waals surface area contributed by atoms with E-state index in [4.69, 9.17) is 5.11 Å². The van der Waals surface area contributed by atoms with E-state index in [1.165, 1.54) is 27.9 Å². The highest BCUT2D eigenvalue weighted by Gasteiger charge is 2.36. The molecule has 4 aromatic carbocycles. The second kappa shape index (κ2) is 8.81. The van der Waals surface area contributed by atoms with E-state index < -0.39 is 0 Å². The van der Waals surface area contributed by atoms with Gasteiger partial charge >= 0.3 is 0 Å². The van der Waals surface area contributed by atoms with Gasteiger partial charge in [-0.2, -0.15) is 0 Å². The lowest BCUT2D eigenvalue weighted by Gasteiger charge is -2.36. The molecule has 1 aliphatic rings. The summed E-state index contributed by atoms with van der Waals surface area (Å²) in [6, 6.07) is 36.7. The van der Waals surface area contributed by atoms with Crippen LogP contribution in [0.1, 0.15) is 49.9 Å². The largest absolute Gasteiger partial charge is 0.315 e. The van der Waals surface area contributed by atoms with Gasteiger partial charge in [0.25, 0.3) is 6.67 Å². The Labute approximate surface area is 209 Å². The van der Waals surface area contributed by atoms with Gasteiger partial charge in [0.1, 0.15) is 0 Å². The first-order chi connectivity index (χ1) is 16.8. The van der Waals surface area contributed by atoms with Crippen LogP contribution in [0.15, 0.2) is 108 Å². The molecular formula is C32H34N3+. The van der Waals surface area contributed by atoms with Crippen molar-refractivity contribution in [2.45, 2.75) is 38.5 Å². The molecule has 176 valence electrons. The Kier molecular flexibility index (Phi) is 5.80. The molecule has 1 aliphatic heterocycles. The molecule has 3 nitrogen and oxygen atoms in total. The van der Waals surface area contributed by atoms with Crippen molar-refractivity contribution in [3.63, 3.8) is 0 Å². The summed E-state index contributed by atoms with van der Waals surface area (Å²) in [5, 5.41) is 5.19. The van der Waals surface area contributed by atoms with Crippen LogP contribution in [0.4, 0.5) is 17.1 Å². The van der Waals surface area contributed by atoms with Crippen LogP contribution >= 0.6 is 0 Å². The standard InChI is InChI=1S/C32H34N3/c1-31(2,24-15-9-6-10-16-24)26-21-28(32(3,4)25-17-11-7-12-18-25)30-29(22-26)33-35(23-34(30)5)27-19-13-8-14-20-27/h6-22H,23H2,1-5H3/q+1. The zero-order valence-corrected chi connectivity index (χ0v) is 21.4. The molecule has 0 saturated heterocycles. The SMILES string of the molecule is CN1C[N+](c2ccccc2)=Nc2cc(C(C)(C)c3ccccc3)cc(C(C)(C)c3ccccc3)c21. The molecule has 0 fully saturated rings. The Morgan fingerprint density at radius 2 is 1.17 bits per heavy atom. The molecule has 1 heterocycles. The van der Waals surface area contributed by atoms with Gasteiger partial charge in [-0.15, -0.1) is 0 Å². The molecule has 0 aromatic heterocycles. The molecule has 0 radical (unpaired) electrons. The van der Waals surface area contributed by atoms with Gasteiger partial charge in [-0.05, 0) is 28.3 Å². The number of hydrogen-bond acceptors (Lipinski definition) is 2.